The number of hydrogen-bond acceptors (Lipinski definition) is 2. The second-order valence-electron chi connectivity index (χ2n) is 0.238. The quantitative estimate of drug-likeness (QED) is 0.470. The van der Waals surface area contributed by atoms with Crippen LogP contribution in [0.4, 0.5) is 0 Å². The molecule has 0 spiro atoms. The summed E-state index contributed by atoms with van der Waals surface area (Å²) in [5.74, 6) is 0. The third-order valence-electron chi connectivity index (χ3n) is 0. The molecule has 0 saturated carbocycles. The van der Waals surface area contributed by atoms with Crippen LogP contribution >= 0.6 is 12.4 Å². The minimum atomic E-state index is -3.69. The van der Waals surface area contributed by atoms with Gasteiger partial charge in [-0.05, 0) is 0 Å². The number of rotatable bonds is 0. The van der Waals surface area contributed by atoms with Crippen LogP contribution in [0.25, 0.3) is 0 Å². The Morgan fingerprint density at radius 3 is 1.33 bits per heavy atom. The molecule has 0 radical (unpaired) electrons. The molecule has 0 fully saturated rings. The van der Waals surface area contributed by atoms with E-state index >= 15 is 0 Å². The zero-order chi connectivity index (χ0) is 3.58. The van der Waals surface area contributed by atoms with Gasteiger partial charge in [0.05, 0.1) is 0 Å². The van der Waals surface area contributed by atoms with E-state index in [0.717, 1.165) is 0 Å². The minimum absolute atomic E-state index is 0. The maximum atomic E-state index is 8.67. The summed E-state index contributed by atoms with van der Waals surface area (Å²) in [6.45, 7) is 0. The van der Waals surface area contributed by atoms with Gasteiger partial charge in [-0.25, -0.2) is 0 Å². The Morgan fingerprint density at radius 2 is 1.33 bits per heavy atom. The molecule has 0 heterocycles. The van der Waals surface area contributed by atoms with E-state index in [1.807, 2.05) is 0 Å². The monoisotopic (exact) mass is 178 g/mol. The van der Waals surface area contributed by atoms with Gasteiger partial charge in [0.2, 0.25) is 0 Å². The van der Waals surface area contributed by atoms with Gasteiger partial charge in [0.1, 0.15) is 0 Å². The van der Waals surface area contributed by atoms with Crippen molar-refractivity contribution in [3.05, 3.63) is 0 Å². The van der Waals surface area contributed by atoms with E-state index in [2.05, 4.69) is 0 Å². The summed E-state index contributed by atoms with van der Waals surface area (Å²) in [6.07, 6.45) is 0. The predicted octanol–water partition coefficient (Wildman–Crippen LogP) is -1.29. The molecular weight excluding hydrogens is 174 g/mol. The van der Waals surface area contributed by atoms with Crippen molar-refractivity contribution < 1.29 is 26.8 Å². The first-order chi connectivity index (χ1) is 1.73. The molecule has 0 bridgehead atoms. The molecule has 0 saturated heterocycles. The van der Waals surface area contributed by atoms with Crippen LogP contribution in [-0.4, -0.2) is 41.8 Å². The Morgan fingerprint density at radius 1 is 1.33 bits per heavy atom. The van der Waals surface area contributed by atoms with Gasteiger partial charge in [0, 0.05) is 0 Å². The molecule has 6 heavy (non-hydrogen) atoms. The van der Waals surface area contributed by atoms with Crippen molar-refractivity contribution in [3.63, 3.8) is 0 Å². The van der Waals surface area contributed by atoms with Gasteiger partial charge in [-0.1, -0.05) is 0 Å². The van der Waals surface area contributed by atoms with Crippen molar-refractivity contribution in [2.24, 2.45) is 0 Å². The SMILES string of the molecule is Cl.[CaH2].[O]=[V](=[O])[OH]. The molecule has 0 rings (SSSR count). The van der Waals surface area contributed by atoms with E-state index in [1.165, 1.54) is 0 Å². The summed E-state index contributed by atoms with van der Waals surface area (Å²) >= 11 is -3.69. The Kier molecular flexibility index (Phi) is 25.7. The van der Waals surface area contributed by atoms with E-state index in [-0.39, 0.29) is 50.1 Å². The Balaban J connectivity index is -0.0000000450. The summed E-state index contributed by atoms with van der Waals surface area (Å²) in [5.41, 5.74) is 0. The average molecular weight is 179 g/mol. The molecule has 0 aliphatic rings. The average Bonchev–Trinajstić information content (AvgIpc) is 0.811. The fraction of sp³-hybridized carbons (Fsp3) is 0. The third-order valence-corrected chi connectivity index (χ3v) is 0. The first-order valence-electron chi connectivity index (χ1n) is 0.565. The molecular formula is H4CaClO3V. The van der Waals surface area contributed by atoms with Gasteiger partial charge in [-0.2, -0.15) is 0 Å². The van der Waals surface area contributed by atoms with Crippen LogP contribution in [0.3, 0.4) is 0 Å². The predicted molar refractivity (Wildman–Crippen MR) is 19.4 cm³/mol. The molecule has 0 amide bonds. The van der Waals surface area contributed by atoms with E-state index in [1.54, 1.807) is 0 Å². The summed E-state index contributed by atoms with van der Waals surface area (Å²) in [7, 11) is 0. The summed E-state index contributed by atoms with van der Waals surface area (Å²) in [5, 5.41) is 0. The molecule has 0 aliphatic heterocycles. The van der Waals surface area contributed by atoms with Gasteiger partial charge in [-0.3, -0.25) is 0 Å². The van der Waals surface area contributed by atoms with E-state index in [4.69, 9.17) is 11.4 Å². The zero-order valence-electron chi connectivity index (χ0n) is 2.12. The molecule has 36 valence electrons. The van der Waals surface area contributed by atoms with E-state index in [9.17, 15) is 0 Å². The van der Waals surface area contributed by atoms with Crippen molar-refractivity contribution >= 4 is 50.1 Å². The second-order valence-corrected chi connectivity index (χ2v) is 0.981. The van der Waals surface area contributed by atoms with E-state index < -0.39 is 15.4 Å². The molecule has 0 aromatic rings. The topological polar surface area (TPSA) is 54.4 Å². The zero-order valence-corrected chi connectivity index (χ0v) is 4.33. The fourth-order valence-electron chi connectivity index (χ4n) is 0. The molecule has 1 N–H and O–H groups in total. The van der Waals surface area contributed by atoms with Crippen LogP contribution in [-0.2, 0) is 22.7 Å². The summed E-state index contributed by atoms with van der Waals surface area (Å²) in [6, 6.07) is 0. The second kappa shape index (κ2) is 9.85. The first kappa shape index (κ1) is 15.6. The molecule has 3 nitrogen and oxygen atoms in total. The number of halogens is 1. The van der Waals surface area contributed by atoms with Crippen LogP contribution in [0.5, 0.6) is 0 Å². The summed E-state index contributed by atoms with van der Waals surface area (Å²) in [4.78, 5) is 0. The van der Waals surface area contributed by atoms with Crippen molar-refractivity contribution in [1.82, 2.24) is 0 Å². The maximum absolute atomic E-state index is 8.67. The molecule has 0 aromatic heterocycles. The van der Waals surface area contributed by atoms with Gasteiger partial charge < -0.3 is 0 Å². The Hall–Kier alpha value is 1.69. The van der Waals surface area contributed by atoms with E-state index in [0.29, 0.717) is 0 Å². The normalized spacial score (nSPS) is 4.17. The molecule has 0 aromatic carbocycles. The standard InChI is InChI=1S/Ca.ClH.H2O.2O.V.2H/h;1H;1H2;;;;;/q;;;;;+1;;/p-1. The van der Waals surface area contributed by atoms with Crippen LogP contribution in [0.15, 0.2) is 0 Å². The Bertz CT molecular complexity index is 59.2. The van der Waals surface area contributed by atoms with Crippen LogP contribution in [0.2, 0.25) is 0 Å². The van der Waals surface area contributed by atoms with Crippen LogP contribution in [0.1, 0.15) is 0 Å². The van der Waals surface area contributed by atoms with Crippen molar-refractivity contribution in [2.45, 2.75) is 0 Å². The fourth-order valence-corrected chi connectivity index (χ4v) is 0. The first-order valence-corrected chi connectivity index (χ1v) is 2.33. The molecule has 0 unspecified atom stereocenters. The third kappa shape index (κ3) is 43.7. The van der Waals surface area contributed by atoms with Crippen LogP contribution in [0, 0.1) is 0 Å². The van der Waals surface area contributed by atoms with Crippen molar-refractivity contribution in [1.29, 1.82) is 0 Å². The molecule has 0 atom stereocenters. The molecule has 0 aliphatic carbocycles. The van der Waals surface area contributed by atoms with Crippen molar-refractivity contribution in [2.75, 3.05) is 0 Å². The van der Waals surface area contributed by atoms with Crippen LogP contribution < -0.4 is 0 Å². The molecule has 6 heteroatoms. The van der Waals surface area contributed by atoms with Gasteiger partial charge in [-0.15, -0.1) is 12.4 Å². The number of hydrogen-bond donors (Lipinski definition) is 1. The van der Waals surface area contributed by atoms with Gasteiger partial charge >= 0.3 is 64.5 Å². The summed E-state index contributed by atoms with van der Waals surface area (Å²) < 4.78 is 24.4. The van der Waals surface area contributed by atoms with Crippen molar-refractivity contribution in [3.8, 4) is 0 Å². The van der Waals surface area contributed by atoms with Gasteiger partial charge in [0.15, 0.2) is 0 Å². The van der Waals surface area contributed by atoms with Gasteiger partial charge in [0.25, 0.3) is 0 Å². The Labute approximate surface area is 75.9 Å².